The summed E-state index contributed by atoms with van der Waals surface area (Å²) < 4.78 is 1.91. The molecule has 0 spiro atoms. The minimum atomic E-state index is 0.731. The smallest absolute Gasteiger partial charge is 0.159 e. The SMILES string of the molecule is Brc1cnc(-c2cccc(Br)c2)nc1. The molecule has 0 aliphatic heterocycles. The minimum absolute atomic E-state index is 0.731. The highest BCUT2D eigenvalue weighted by Gasteiger charge is 2.00. The fourth-order valence-corrected chi connectivity index (χ4v) is 1.69. The molecule has 1 heterocycles. The molecule has 0 amide bonds. The van der Waals surface area contributed by atoms with E-state index in [1.807, 2.05) is 24.3 Å². The first kappa shape index (κ1) is 9.80. The average Bonchev–Trinajstić information content (AvgIpc) is 2.19. The summed E-state index contributed by atoms with van der Waals surface area (Å²) in [6.45, 7) is 0. The van der Waals surface area contributed by atoms with E-state index in [1.54, 1.807) is 12.4 Å². The molecule has 2 nitrogen and oxygen atoms in total. The highest BCUT2D eigenvalue weighted by Crippen LogP contribution is 2.19. The van der Waals surface area contributed by atoms with Crippen molar-refractivity contribution >= 4 is 31.9 Å². The first-order valence-corrected chi connectivity index (χ1v) is 5.58. The fraction of sp³-hybridized carbons (Fsp3) is 0. The van der Waals surface area contributed by atoms with Gasteiger partial charge in [-0.2, -0.15) is 0 Å². The molecule has 70 valence electrons. The van der Waals surface area contributed by atoms with Gasteiger partial charge in [0.05, 0.1) is 4.47 Å². The summed E-state index contributed by atoms with van der Waals surface area (Å²) in [5.41, 5.74) is 1.01. The van der Waals surface area contributed by atoms with Gasteiger partial charge in [0.15, 0.2) is 5.82 Å². The van der Waals surface area contributed by atoms with Crippen molar-refractivity contribution in [3.63, 3.8) is 0 Å². The van der Waals surface area contributed by atoms with Crippen molar-refractivity contribution in [2.75, 3.05) is 0 Å². The molecule has 1 aromatic heterocycles. The van der Waals surface area contributed by atoms with Crippen LogP contribution in [0.5, 0.6) is 0 Å². The zero-order chi connectivity index (χ0) is 9.97. The Morgan fingerprint density at radius 3 is 2.29 bits per heavy atom. The summed E-state index contributed by atoms with van der Waals surface area (Å²) in [7, 11) is 0. The van der Waals surface area contributed by atoms with E-state index in [2.05, 4.69) is 41.8 Å². The van der Waals surface area contributed by atoms with Crippen molar-refractivity contribution in [3.8, 4) is 11.4 Å². The van der Waals surface area contributed by atoms with Crippen LogP contribution in [0.3, 0.4) is 0 Å². The minimum Gasteiger partial charge on any atom is -0.235 e. The summed E-state index contributed by atoms with van der Waals surface area (Å²) in [6, 6.07) is 7.91. The van der Waals surface area contributed by atoms with Crippen LogP contribution >= 0.6 is 31.9 Å². The van der Waals surface area contributed by atoms with Gasteiger partial charge in [-0.15, -0.1) is 0 Å². The standard InChI is InChI=1S/C10H6Br2N2/c11-8-3-1-2-7(4-8)10-13-5-9(12)6-14-10/h1-6H. The third-order valence-electron chi connectivity index (χ3n) is 1.70. The molecule has 4 heteroatoms. The van der Waals surface area contributed by atoms with Crippen molar-refractivity contribution in [2.45, 2.75) is 0 Å². The van der Waals surface area contributed by atoms with Gasteiger partial charge in [0.25, 0.3) is 0 Å². The van der Waals surface area contributed by atoms with Crippen molar-refractivity contribution in [1.29, 1.82) is 0 Å². The third-order valence-corrected chi connectivity index (χ3v) is 2.61. The quantitative estimate of drug-likeness (QED) is 0.803. The first-order chi connectivity index (χ1) is 6.75. The highest BCUT2D eigenvalue weighted by atomic mass is 79.9. The van der Waals surface area contributed by atoms with Crippen molar-refractivity contribution in [3.05, 3.63) is 45.6 Å². The first-order valence-electron chi connectivity index (χ1n) is 3.99. The van der Waals surface area contributed by atoms with Gasteiger partial charge < -0.3 is 0 Å². The Balaban J connectivity index is 2.44. The molecule has 14 heavy (non-hydrogen) atoms. The van der Waals surface area contributed by atoms with Crippen LogP contribution in [0.15, 0.2) is 45.6 Å². The molecule has 0 saturated heterocycles. The number of aromatic nitrogens is 2. The molecule has 0 unspecified atom stereocenters. The maximum absolute atomic E-state index is 4.21. The van der Waals surface area contributed by atoms with Gasteiger partial charge in [-0.05, 0) is 28.1 Å². The van der Waals surface area contributed by atoms with E-state index in [0.29, 0.717) is 0 Å². The molecule has 0 N–H and O–H groups in total. The largest absolute Gasteiger partial charge is 0.235 e. The molecule has 1 aromatic carbocycles. The Morgan fingerprint density at radius 1 is 0.929 bits per heavy atom. The maximum atomic E-state index is 4.21. The molecular weight excluding hydrogens is 308 g/mol. The van der Waals surface area contributed by atoms with E-state index in [-0.39, 0.29) is 0 Å². The van der Waals surface area contributed by atoms with E-state index in [4.69, 9.17) is 0 Å². The van der Waals surface area contributed by atoms with Gasteiger partial charge >= 0.3 is 0 Å². The van der Waals surface area contributed by atoms with Gasteiger partial charge in [0.2, 0.25) is 0 Å². The van der Waals surface area contributed by atoms with Crippen LogP contribution in [0.25, 0.3) is 11.4 Å². The van der Waals surface area contributed by atoms with E-state index in [0.717, 1.165) is 20.3 Å². The zero-order valence-electron chi connectivity index (χ0n) is 7.11. The van der Waals surface area contributed by atoms with Crippen LogP contribution in [0.4, 0.5) is 0 Å². The summed E-state index contributed by atoms with van der Waals surface area (Å²) in [5.74, 6) is 0.731. The third kappa shape index (κ3) is 2.19. The molecule has 0 bridgehead atoms. The van der Waals surface area contributed by atoms with Gasteiger partial charge in [-0.3, -0.25) is 0 Å². The summed E-state index contributed by atoms with van der Waals surface area (Å²) in [4.78, 5) is 8.42. The summed E-state index contributed by atoms with van der Waals surface area (Å²) in [6.07, 6.45) is 3.48. The number of benzene rings is 1. The lowest BCUT2D eigenvalue weighted by molar-refractivity contribution is 1.16. The van der Waals surface area contributed by atoms with Crippen molar-refractivity contribution in [2.24, 2.45) is 0 Å². The molecule has 0 radical (unpaired) electrons. The topological polar surface area (TPSA) is 25.8 Å². The van der Waals surface area contributed by atoms with Crippen LogP contribution in [-0.2, 0) is 0 Å². The average molecular weight is 314 g/mol. The van der Waals surface area contributed by atoms with E-state index >= 15 is 0 Å². The lowest BCUT2D eigenvalue weighted by atomic mass is 10.2. The summed E-state index contributed by atoms with van der Waals surface area (Å²) in [5, 5.41) is 0. The maximum Gasteiger partial charge on any atom is 0.159 e. The Morgan fingerprint density at radius 2 is 1.64 bits per heavy atom. The van der Waals surface area contributed by atoms with Gasteiger partial charge in [-0.1, -0.05) is 28.1 Å². The summed E-state index contributed by atoms with van der Waals surface area (Å²) >= 11 is 6.71. The Labute approximate surface area is 98.7 Å². The highest BCUT2D eigenvalue weighted by molar-refractivity contribution is 9.10. The molecule has 0 aliphatic carbocycles. The van der Waals surface area contributed by atoms with E-state index in [1.165, 1.54) is 0 Å². The van der Waals surface area contributed by atoms with Crippen LogP contribution in [-0.4, -0.2) is 9.97 Å². The molecular formula is C10H6Br2N2. The second-order valence-electron chi connectivity index (χ2n) is 2.74. The van der Waals surface area contributed by atoms with E-state index in [9.17, 15) is 0 Å². The van der Waals surface area contributed by atoms with Gasteiger partial charge in [0.1, 0.15) is 0 Å². The number of halogens is 2. The predicted octanol–water partition coefficient (Wildman–Crippen LogP) is 3.67. The van der Waals surface area contributed by atoms with Crippen LogP contribution in [0.2, 0.25) is 0 Å². The Bertz CT molecular complexity index is 440. The molecule has 2 rings (SSSR count). The number of nitrogens with zero attached hydrogens (tertiary/aromatic N) is 2. The monoisotopic (exact) mass is 312 g/mol. The second-order valence-corrected chi connectivity index (χ2v) is 4.57. The molecule has 0 aliphatic rings. The Hall–Kier alpha value is -0.740. The molecule has 2 aromatic rings. The number of hydrogen-bond donors (Lipinski definition) is 0. The zero-order valence-corrected chi connectivity index (χ0v) is 10.3. The normalized spacial score (nSPS) is 10.1. The number of rotatable bonds is 1. The molecule has 0 fully saturated rings. The fourth-order valence-electron chi connectivity index (χ4n) is 1.09. The van der Waals surface area contributed by atoms with Crippen LogP contribution < -0.4 is 0 Å². The van der Waals surface area contributed by atoms with Gasteiger partial charge in [0, 0.05) is 22.4 Å². The Kier molecular flexibility index (Phi) is 2.93. The van der Waals surface area contributed by atoms with Crippen LogP contribution in [0, 0.1) is 0 Å². The second kappa shape index (κ2) is 4.19. The van der Waals surface area contributed by atoms with Crippen molar-refractivity contribution in [1.82, 2.24) is 9.97 Å². The number of hydrogen-bond acceptors (Lipinski definition) is 2. The van der Waals surface area contributed by atoms with Crippen LogP contribution in [0.1, 0.15) is 0 Å². The van der Waals surface area contributed by atoms with E-state index < -0.39 is 0 Å². The van der Waals surface area contributed by atoms with Crippen molar-refractivity contribution < 1.29 is 0 Å². The molecule has 0 saturated carbocycles. The predicted molar refractivity (Wildman–Crippen MR) is 62.9 cm³/mol. The van der Waals surface area contributed by atoms with Gasteiger partial charge in [-0.25, -0.2) is 9.97 Å². The molecule has 0 atom stereocenters. The lowest BCUT2D eigenvalue weighted by Crippen LogP contribution is -1.87. The lowest BCUT2D eigenvalue weighted by Gasteiger charge is -1.99.